The number of benzene rings is 2. The van der Waals surface area contributed by atoms with E-state index in [1.165, 1.54) is 11.3 Å². The molecular weight excluding hydrogens is 436 g/mol. The van der Waals surface area contributed by atoms with Crippen molar-refractivity contribution in [2.24, 2.45) is 11.8 Å². The third kappa shape index (κ3) is 4.57. The number of carboxylic acids is 1. The molecule has 2 unspecified atom stereocenters. The zero-order valence-electron chi connectivity index (χ0n) is 16.6. The number of fused-ring (bicyclic) bond motifs is 1. The van der Waals surface area contributed by atoms with E-state index in [9.17, 15) is 19.5 Å². The van der Waals surface area contributed by atoms with Crippen LogP contribution in [0.1, 0.15) is 36.0 Å². The van der Waals surface area contributed by atoms with Gasteiger partial charge >= 0.3 is 5.97 Å². The van der Waals surface area contributed by atoms with Crippen molar-refractivity contribution in [3.63, 3.8) is 0 Å². The highest BCUT2D eigenvalue weighted by Gasteiger charge is 2.36. The first-order chi connectivity index (χ1) is 14.9. The minimum atomic E-state index is -0.947. The van der Waals surface area contributed by atoms with Gasteiger partial charge in [0.1, 0.15) is 5.00 Å². The van der Waals surface area contributed by atoms with E-state index in [4.69, 9.17) is 11.6 Å². The molecule has 1 aromatic heterocycles. The number of hydrogen-bond acceptors (Lipinski definition) is 4. The minimum Gasteiger partial charge on any atom is -0.481 e. The lowest BCUT2D eigenvalue weighted by Gasteiger charge is -2.27. The Morgan fingerprint density at radius 2 is 1.61 bits per heavy atom. The first-order valence-corrected chi connectivity index (χ1v) is 11.3. The number of halogens is 1. The van der Waals surface area contributed by atoms with E-state index in [-0.39, 0.29) is 11.8 Å². The summed E-state index contributed by atoms with van der Waals surface area (Å²) in [6.45, 7) is 0. The van der Waals surface area contributed by atoms with E-state index in [1.54, 1.807) is 24.3 Å². The molecule has 1 fully saturated rings. The lowest BCUT2D eigenvalue weighted by atomic mass is 9.79. The third-order valence-corrected chi connectivity index (χ3v) is 6.92. The molecule has 1 aliphatic rings. The topological polar surface area (TPSA) is 95.5 Å². The number of thiophene rings is 1. The molecule has 2 aromatic carbocycles. The largest absolute Gasteiger partial charge is 0.481 e. The number of nitrogens with one attached hydrogen (secondary N) is 2. The maximum Gasteiger partial charge on any atom is 0.307 e. The average Bonchev–Trinajstić information content (AvgIpc) is 3.13. The maximum absolute atomic E-state index is 13.1. The van der Waals surface area contributed by atoms with Crippen LogP contribution in [0.5, 0.6) is 0 Å². The van der Waals surface area contributed by atoms with Gasteiger partial charge in [0, 0.05) is 20.8 Å². The van der Waals surface area contributed by atoms with Gasteiger partial charge in [0.25, 0.3) is 5.91 Å². The molecule has 8 heteroatoms. The van der Waals surface area contributed by atoms with Gasteiger partial charge in [0.05, 0.1) is 17.4 Å². The fourth-order valence-electron chi connectivity index (χ4n) is 4.03. The molecule has 0 aliphatic heterocycles. The number of amides is 2. The van der Waals surface area contributed by atoms with Crippen LogP contribution in [0.4, 0.5) is 10.7 Å². The number of aliphatic carboxylic acids is 1. The maximum atomic E-state index is 13.1. The molecule has 0 radical (unpaired) electrons. The van der Waals surface area contributed by atoms with Gasteiger partial charge in [-0.15, -0.1) is 11.3 Å². The van der Waals surface area contributed by atoms with Crippen LogP contribution in [0.25, 0.3) is 10.1 Å². The standard InChI is InChI=1S/C23H21ClN2O4S/c24-13-9-11-14(12-10-13)25-21(28)19-17-7-3-4-8-18(17)31-22(19)26-20(27)15-5-1-2-6-16(15)23(29)30/h3-4,7-12,15-16H,1-2,5-6H2,(H,25,28)(H,26,27)(H,29,30). The van der Waals surface area contributed by atoms with Crippen molar-refractivity contribution in [2.75, 3.05) is 10.6 Å². The van der Waals surface area contributed by atoms with Crippen molar-refractivity contribution < 1.29 is 19.5 Å². The zero-order chi connectivity index (χ0) is 22.0. The van der Waals surface area contributed by atoms with Crippen LogP contribution in [0, 0.1) is 11.8 Å². The van der Waals surface area contributed by atoms with Crippen molar-refractivity contribution in [3.8, 4) is 0 Å². The molecule has 1 saturated carbocycles. The van der Waals surface area contributed by atoms with Crippen LogP contribution in [0.15, 0.2) is 48.5 Å². The molecule has 1 aliphatic carbocycles. The van der Waals surface area contributed by atoms with Crippen molar-refractivity contribution in [1.82, 2.24) is 0 Å². The molecule has 2 atom stereocenters. The van der Waals surface area contributed by atoms with E-state index in [1.807, 2.05) is 24.3 Å². The molecular formula is C23H21ClN2O4S. The van der Waals surface area contributed by atoms with E-state index in [0.717, 1.165) is 22.9 Å². The molecule has 3 N–H and O–H groups in total. The van der Waals surface area contributed by atoms with Gasteiger partial charge in [-0.1, -0.05) is 42.6 Å². The summed E-state index contributed by atoms with van der Waals surface area (Å²) in [6.07, 6.45) is 2.64. The zero-order valence-corrected chi connectivity index (χ0v) is 18.1. The highest BCUT2D eigenvalue weighted by atomic mass is 35.5. The molecule has 3 aromatic rings. The molecule has 0 saturated heterocycles. The molecule has 1 heterocycles. The predicted molar refractivity (Wildman–Crippen MR) is 123 cm³/mol. The fraction of sp³-hybridized carbons (Fsp3) is 0.261. The smallest absolute Gasteiger partial charge is 0.307 e. The summed E-state index contributed by atoms with van der Waals surface area (Å²) in [7, 11) is 0. The molecule has 31 heavy (non-hydrogen) atoms. The first kappa shape index (κ1) is 21.3. The highest BCUT2D eigenvalue weighted by molar-refractivity contribution is 7.23. The molecule has 160 valence electrons. The molecule has 0 bridgehead atoms. The summed E-state index contributed by atoms with van der Waals surface area (Å²) in [5, 5.41) is 16.9. The Hall–Kier alpha value is -2.90. The monoisotopic (exact) mass is 456 g/mol. The normalized spacial score (nSPS) is 18.5. The molecule has 2 amide bonds. The van der Waals surface area contributed by atoms with Crippen LogP contribution in [-0.4, -0.2) is 22.9 Å². The van der Waals surface area contributed by atoms with Crippen LogP contribution in [0.3, 0.4) is 0 Å². The number of anilines is 2. The summed E-state index contributed by atoms with van der Waals surface area (Å²) in [5.41, 5.74) is 0.951. The summed E-state index contributed by atoms with van der Waals surface area (Å²) < 4.78 is 0.859. The van der Waals surface area contributed by atoms with E-state index < -0.39 is 17.8 Å². The first-order valence-electron chi connectivity index (χ1n) is 10.1. The SMILES string of the molecule is O=C(Nc1ccc(Cl)cc1)c1c(NC(=O)C2CCCCC2C(=O)O)sc2ccccc12. The number of hydrogen-bond donors (Lipinski definition) is 3. The Morgan fingerprint density at radius 1 is 0.935 bits per heavy atom. The van der Waals surface area contributed by atoms with Gasteiger partial charge in [-0.25, -0.2) is 0 Å². The van der Waals surface area contributed by atoms with Gasteiger partial charge in [0.15, 0.2) is 0 Å². The van der Waals surface area contributed by atoms with E-state index in [2.05, 4.69) is 10.6 Å². The number of carbonyl (C=O) groups excluding carboxylic acids is 2. The average molecular weight is 457 g/mol. The summed E-state index contributed by atoms with van der Waals surface area (Å²) in [5.74, 6) is -2.96. The van der Waals surface area contributed by atoms with Gasteiger partial charge in [-0.3, -0.25) is 14.4 Å². The van der Waals surface area contributed by atoms with Crippen LogP contribution < -0.4 is 10.6 Å². The fourth-order valence-corrected chi connectivity index (χ4v) is 5.26. The van der Waals surface area contributed by atoms with Crippen molar-refractivity contribution in [3.05, 3.63) is 59.1 Å². The minimum absolute atomic E-state index is 0.348. The van der Waals surface area contributed by atoms with Crippen molar-refractivity contribution in [2.45, 2.75) is 25.7 Å². The van der Waals surface area contributed by atoms with E-state index in [0.29, 0.717) is 34.1 Å². The Morgan fingerprint density at radius 3 is 2.32 bits per heavy atom. The lowest BCUT2D eigenvalue weighted by molar-refractivity contribution is -0.147. The molecule has 6 nitrogen and oxygen atoms in total. The molecule has 0 spiro atoms. The number of carbonyl (C=O) groups is 3. The lowest BCUT2D eigenvalue weighted by Crippen LogP contribution is -2.36. The Balaban J connectivity index is 1.64. The second kappa shape index (κ2) is 9.08. The Labute approximate surface area is 188 Å². The summed E-state index contributed by atoms with van der Waals surface area (Å²) >= 11 is 7.22. The van der Waals surface area contributed by atoms with Gasteiger partial charge in [-0.05, 0) is 43.2 Å². The Kier molecular flexibility index (Phi) is 6.25. The van der Waals surface area contributed by atoms with Crippen molar-refractivity contribution >= 4 is 61.5 Å². The summed E-state index contributed by atoms with van der Waals surface area (Å²) in [6, 6.07) is 14.2. The second-order valence-corrected chi connectivity index (χ2v) is 9.08. The van der Waals surface area contributed by atoms with Crippen molar-refractivity contribution in [1.29, 1.82) is 0 Å². The van der Waals surface area contributed by atoms with E-state index >= 15 is 0 Å². The van der Waals surface area contributed by atoms with Crippen LogP contribution in [-0.2, 0) is 9.59 Å². The Bertz CT molecular complexity index is 1140. The number of carboxylic acid groups (broad SMARTS) is 1. The van der Waals surface area contributed by atoms with Gasteiger partial charge in [0.2, 0.25) is 5.91 Å². The predicted octanol–water partition coefficient (Wildman–Crippen LogP) is 5.64. The molecule has 4 rings (SSSR count). The third-order valence-electron chi connectivity index (χ3n) is 5.58. The summed E-state index contributed by atoms with van der Waals surface area (Å²) in [4.78, 5) is 37.8. The second-order valence-electron chi connectivity index (χ2n) is 7.59. The number of rotatable bonds is 5. The van der Waals surface area contributed by atoms with Gasteiger partial charge < -0.3 is 15.7 Å². The highest BCUT2D eigenvalue weighted by Crippen LogP contribution is 2.38. The van der Waals surface area contributed by atoms with Crippen LogP contribution in [0.2, 0.25) is 5.02 Å². The van der Waals surface area contributed by atoms with Crippen LogP contribution >= 0.6 is 22.9 Å². The van der Waals surface area contributed by atoms with Gasteiger partial charge in [-0.2, -0.15) is 0 Å². The quantitative estimate of drug-likeness (QED) is 0.463.